The minimum absolute atomic E-state index is 0.0343. The molecule has 1 aliphatic carbocycles. The van der Waals surface area contributed by atoms with Crippen LogP contribution in [-0.2, 0) is 11.8 Å². The second kappa shape index (κ2) is 5.32. The summed E-state index contributed by atoms with van der Waals surface area (Å²) in [5, 5.41) is 10.4. The Bertz CT molecular complexity index is 831. The Labute approximate surface area is 148 Å². The van der Waals surface area contributed by atoms with Gasteiger partial charge in [0.1, 0.15) is 5.75 Å². The van der Waals surface area contributed by atoms with Crippen molar-refractivity contribution >= 4 is 5.91 Å². The summed E-state index contributed by atoms with van der Waals surface area (Å²) in [4.78, 5) is 19.2. The zero-order valence-corrected chi connectivity index (χ0v) is 15.0. The van der Waals surface area contributed by atoms with Crippen molar-refractivity contribution < 1.29 is 9.90 Å². The van der Waals surface area contributed by atoms with Gasteiger partial charge in [0, 0.05) is 30.4 Å². The summed E-state index contributed by atoms with van der Waals surface area (Å²) in [6, 6.07) is 9.51. The molecule has 130 valence electrons. The average molecular weight is 336 g/mol. The molecule has 0 spiro atoms. The number of carbonyl (C=O) groups excluding carboxylic acids is 1. The lowest BCUT2D eigenvalue weighted by Gasteiger charge is -2.60. The summed E-state index contributed by atoms with van der Waals surface area (Å²) in [5.74, 6) is 0.381. The zero-order chi connectivity index (χ0) is 17.8. The maximum Gasteiger partial charge on any atom is 0.255 e. The second-order valence-electron chi connectivity index (χ2n) is 8.07. The summed E-state index contributed by atoms with van der Waals surface area (Å²) < 4.78 is 0. The molecule has 2 atom stereocenters. The molecule has 1 fully saturated rings. The SMILES string of the molecule is CC1(C)[C@H]2Cc3c(O)cccc3[C@]1(C)CCN2C(=O)c1cccnc1. The minimum atomic E-state index is -0.0795. The Kier molecular flexibility index (Phi) is 3.43. The van der Waals surface area contributed by atoms with Gasteiger partial charge in [0.25, 0.3) is 5.91 Å². The molecule has 2 bridgehead atoms. The first-order valence-corrected chi connectivity index (χ1v) is 8.88. The third kappa shape index (κ3) is 2.13. The number of amides is 1. The van der Waals surface area contributed by atoms with E-state index in [-0.39, 0.29) is 22.8 Å². The van der Waals surface area contributed by atoms with E-state index in [4.69, 9.17) is 0 Å². The first-order valence-electron chi connectivity index (χ1n) is 8.88. The Morgan fingerprint density at radius 1 is 1.24 bits per heavy atom. The largest absolute Gasteiger partial charge is 0.508 e. The fraction of sp³-hybridized carbons (Fsp3) is 0.429. The van der Waals surface area contributed by atoms with Crippen molar-refractivity contribution in [1.82, 2.24) is 9.88 Å². The number of carbonyl (C=O) groups is 1. The molecule has 4 heteroatoms. The number of hydrogen-bond donors (Lipinski definition) is 1. The van der Waals surface area contributed by atoms with Crippen molar-refractivity contribution in [2.24, 2.45) is 5.41 Å². The third-order valence-electron chi connectivity index (χ3n) is 6.80. The van der Waals surface area contributed by atoms with Gasteiger partial charge in [-0.3, -0.25) is 9.78 Å². The van der Waals surface area contributed by atoms with Crippen molar-refractivity contribution in [1.29, 1.82) is 0 Å². The quantitative estimate of drug-likeness (QED) is 0.866. The van der Waals surface area contributed by atoms with Gasteiger partial charge < -0.3 is 10.0 Å². The molecule has 1 N–H and O–H groups in total. The molecule has 25 heavy (non-hydrogen) atoms. The third-order valence-corrected chi connectivity index (χ3v) is 6.80. The highest BCUT2D eigenvalue weighted by Crippen LogP contribution is 2.57. The fourth-order valence-corrected chi connectivity index (χ4v) is 4.82. The van der Waals surface area contributed by atoms with Crippen molar-refractivity contribution in [2.45, 2.75) is 45.1 Å². The van der Waals surface area contributed by atoms with E-state index >= 15 is 0 Å². The molecule has 4 rings (SSSR count). The molecule has 1 aliphatic heterocycles. The maximum absolute atomic E-state index is 13.1. The molecule has 0 saturated carbocycles. The van der Waals surface area contributed by atoms with E-state index in [0.717, 1.165) is 18.5 Å². The summed E-state index contributed by atoms with van der Waals surface area (Å²) in [5.41, 5.74) is 2.73. The molecule has 4 nitrogen and oxygen atoms in total. The van der Waals surface area contributed by atoms with E-state index in [0.29, 0.717) is 17.7 Å². The maximum atomic E-state index is 13.1. The van der Waals surface area contributed by atoms with E-state index in [1.54, 1.807) is 24.5 Å². The molecule has 2 aliphatic rings. The highest BCUT2D eigenvalue weighted by Gasteiger charge is 2.57. The highest BCUT2D eigenvalue weighted by atomic mass is 16.3. The molecule has 0 unspecified atom stereocenters. The molecular weight excluding hydrogens is 312 g/mol. The normalized spacial score (nSPS) is 26.8. The number of likely N-dealkylation sites (tertiary alicyclic amines) is 1. The minimum Gasteiger partial charge on any atom is -0.508 e. The van der Waals surface area contributed by atoms with Crippen LogP contribution in [0.4, 0.5) is 0 Å². The van der Waals surface area contributed by atoms with Gasteiger partial charge in [0.05, 0.1) is 5.56 Å². The Balaban J connectivity index is 1.81. The van der Waals surface area contributed by atoms with E-state index in [1.165, 1.54) is 5.56 Å². The van der Waals surface area contributed by atoms with Crippen LogP contribution in [0.1, 0.15) is 48.7 Å². The number of hydrogen-bond acceptors (Lipinski definition) is 3. The number of benzene rings is 1. The van der Waals surface area contributed by atoms with Gasteiger partial charge in [0.2, 0.25) is 0 Å². The number of fused-ring (bicyclic) bond motifs is 4. The van der Waals surface area contributed by atoms with E-state index < -0.39 is 0 Å². The Hall–Kier alpha value is -2.36. The van der Waals surface area contributed by atoms with Crippen LogP contribution >= 0.6 is 0 Å². The number of rotatable bonds is 1. The van der Waals surface area contributed by atoms with Crippen molar-refractivity contribution in [3.63, 3.8) is 0 Å². The first-order chi connectivity index (χ1) is 11.9. The fourth-order valence-electron chi connectivity index (χ4n) is 4.82. The highest BCUT2D eigenvalue weighted by molar-refractivity contribution is 5.94. The van der Waals surface area contributed by atoms with Gasteiger partial charge in [-0.05, 0) is 47.6 Å². The number of aromatic hydroxyl groups is 1. The Morgan fingerprint density at radius 2 is 2.04 bits per heavy atom. The topological polar surface area (TPSA) is 53.4 Å². The summed E-state index contributed by atoms with van der Waals surface area (Å²) in [6.07, 6.45) is 4.90. The van der Waals surface area contributed by atoms with Gasteiger partial charge in [-0.2, -0.15) is 0 Å². The van der Waals surface area contributed by atoms with Crippen LogP contribution in [0.25, 0.3) is 0 Å². The predicted octanol–water partition coefficient (Wildman–Crippen LogP) is 3.54. The van der Waals surface area contributed by atoms with E-state index in [9.17, 15) is 9.90 Å². The first kappa shape index (κ1) is 16.1. The monoisotopic (exact) mass is 336 g/mol. The molecule has 2 aromatic rings. The van der Waals surface area contributed by atoms with Gasteiger partial charge in [-0.25, -0.2) is 0 Å². The van der Waals surface area contributed by atoms with Crippen LogP contribution in [-0.4, -0.2) is 33.5 Å². The number of aromatic nitrogens is 1. The van der Waals surface area contributed by atoms with Crippen molar-refractivity contribution in [3.05, 3.63) is 59.4 Å². The van der Waals surface area contributed by atoms with Gasteiger partial charge >= 0.3 is 0 Å². The molecule has 1 amide bonds. The lowest BCUT2D eigenvalue weighted by molar-refractivity contribution is -0.0266. The predicted molar refractivity (Wildman–Crippen MR) is 96.6 cm³/mol. The van der Waals surface area contributed by atoms with E-state index in [2.05, 4.69) is 31.8 Å². The van der Waals surface area contributed by atoms with Crippen molar-refractivity contribution in [3.8, 4) is 5.75 Å². The van der Waals surface area contributed by atoms with Crippen LogP contribution in [0, 0.1) is 5.41 Å². The smallest absolute Gasteiger partial charge is 0.255 e. The molecule has 1 saturated heterocycles. The molecule has 2 heterocycles. The zero-order valence-electron chi connectivity index (χ0n) is 15.0. The van der Waals surface area contributed by atoms with Crippen LogP contribution in [0.2, 0.25) is 0 Å². The second-order valence-corrected chi connectivity index (χ2v) is 8.07. The van der Waals surface area contributed by atoms with Crippen LogP contribution in [0.5, 0.6) is 5.75 Å². The van der Waals surface area contributed by atoms with Gasteiger partial charge in [-0.15, -0.1) is 0 Å². The average Bonchev–Trinajstić information content (AvgIpc) is 2.59. The summed E-state index contributed by atoms with van der Waals surface area (Å²) in [7, 11) is 0. The van der Waals surface area contributed by atoms with Gasteiger partial charge in [-0.1, -0.05) is 32.9 Å². The molecular formula is C21H24N2O2. The van der Waals surface area contributed by atoms with E-state index in [1.807, 2.05) is 17.0 Å². The summed E-state index contributed by atoms with van der Waals surface area (Å²) >= 11 is 0. The van der Waals surface area contributed by atoms with Crippen LogP contribution in [0.15, 0.2) is 42.7 Å². The number of phenolic OH excluding ortho intramolecular Hbond substituents is 1. The molecule has 1 aromatic heterocycles. The lowest BCUT2D eigenvalue weighted by Crippen LogP contribution is -2.64. The van der Waals surface area contributed by atoms with Crippen LogP contribution in [0.3, 0.4) is 0 Å². The molecule has 0 radical (unpaired) electrons. The standard InChI is InChI=1S/C21H24N2O2/c1-20(2)18-12-15-16(7-4-8-17(15)24)21(20,3)9-11-23(18)19(25)14-6-5-10-22-13-14/h4-8,10,13,18,24H,9,11-12H2,1-3H3/t18-,21+/m1/s1. The number of pyridine rings is 1. The number of phenols is 1. The van der Waals surface area contributed by atoms with Gasteiger partial charge in [0.15, 0.2) is 0 Å². The number of piperidine rings is 1. The van der Waals surface area contributed by atoms with Crippen LogP contribution < -0.4 is 0 Å². The Morgan fingerprint density at radius 3 is 2.76 bits per heavy atom. The van der Waals surface area contributed by atoms with Crippen molar-refractivity contribution in [2.75, 3.05) is 6.54 Å². The summed E-state index contributed by atoms with van der Waals surface area (Å²) in [6.45, 7) is 7.53. The number of nitrogens with zero attached hydrogens (tertiary/aromatic N) is 2. The molecule has 1 aromatic carbocycles. The lowest BCUT2D eigenvalue weighted by atomic mass is 9.51.